The van der Waals surface area contributed by atoms with E-state index in [1.54, 1.807) is 23.1 Å². The fourth-order valence-corrected chi connectivity index (χ4v) is 3.87. The van der Waals surface area contributed by atoms with E-state index in [4.69, 9.17) is 0 Å². The van der Waals surface area contributed by atoms with Crippen LogP contribution in [0.25, 0.3) is 0 Å². The lowest BCUT2D eigenvalue weighted by Gasteiger charge is -2.32. The van der Waals surface area contributed by atoms with E-state index in [1.165, 1.54) is 0 Å². The van der Waals surface area contributed by atoms with Gasteiger partial charge in [-0.15, -0.1) is 0 Å². The molecule has 1 saturated heterocycles. The van der Waals surface area contributed by atoms with Gasteiger partial charge in [0, 0.05) is 38.1 Å². The summed E-state index contributed by atoms with van der Waals surface area (Å²) in [5.74, 6) is 0.899. The second-order valence-corrected chi connectivity index (χ2v) is 7.02. The van der Waals surface area contributed by atoms with Gasteiger partial charge in [0.2, 0.25) is 0 Å². The molecule has 1 fully saturated rings. The van der Waals surface area contributed by atoms with Gasteiger partial charge < -0.3 is 9.88 Å². The van der Waals surface area contributed by atoms with Crippen LogP contribution in [-0.4, -0.2) is 32.8 Å². The number of aryl methyl sites for hydroxylation is 2. The summed E-state index contributed by atoms with van der Waals surface area (Å²) >= 11 is 0. The van der Waals surface area contributed by atoms with Gasteiger partial charge in [-0.25, -0.2) is 9.67 Å². The second-order valence-electron chi connectivity index (χ2n) is 7.02. The number of rotatable bonds is 3. The minimum atomic E-state index is -0.145. The first-order valence-corrected chi connectivity index (χ1v) is 9.09. The zero-order chi connectivity index (χ0) is 17.2. The number of hydrogen-bond donors (Lipinski definition) is 1. The maximum absolute atomic E-state index is 12.3. The zero-order valence-corrected chi connectivity index (χ0v) is 14.3. The van der Waals surface area contributed by atoms with Gasteiger partial charge in [-0.2, -0.15) is 5.10 Å². The topological polar surface area (TPSA) is 83.9 Å². The molecule has 2 aromatic heterocycles. The van der Waals surface area contributed by atoms with Gasteiger partial charge in [-0.1, -0.05) is 0 Å². The highest BCUT2D eigenvalue weighted by atomic mass is 16.1. The summed E-state index contributed by atoms with van der Waals surface area (Å²) in [6, 6.07) is 1.78. The number of aromatic amines is 1. The molecule has 7 heteroatoms. The van der Waals surface area contributed by atoms with Crippen LogP contribution in [-0.2, 0) is 19.4 Å². The van der Waals surface area contributed by atoms with Crippen LogP contribution in [0.15, 0.2) is 28.0 Å². The number of nitrogens with one attached hydrogen (secondary N) is 1. The molecule has 1 aliphatic carbocycles. The fraction of sp³-hybridized carbons (Fsp3) is 0.556. The highest BCUT2D eigenvalue weighted by molar-refractivity contribution is 5.35. The van der Waals surface area contributed by atoms with Gasteiger partial charge in [-0.3, -0.25) is 9.59 Å². The smallest absolute Gasteiger partial charge is 0.290 e. The standard InChI is InChI=1S/C18H23N5O2/c24-16-11-14-3-1-2-4-15(14)21-23(16)12-13-5-9-22(10-6-13)17-18(25)20-8-7-19-17/h7-8,11,13H,1-6,9-10,12H2,(H,20,25). The van der Waals surface area contributed by atoms with Crippen LogP contribution in [0.5, 0.6) is 0 Å². The summed E-state index contributed by atoms with van der Waals surface area (Å²) in [7, 11) is 0. The van der Waals surface area contributed by atoms with Crippen molar-refractivity contribution in [1.82, 2.24) is 19.7 Å². The molecule has 1 N–H and O–H groups in total. The van der Waals surface area contributed by atoms with E-state index < -0.39 is 0 Å². The van der Waals surface area contributed by atoms with Crippen molar-refractivity contribution in [2.75, 3.05) is 18.0 Å². The van der Waals surface area contributed by atoms with Crippen LogP contribution < -0.4 is 16.0 Å². The summed E-state index contributed by atoms with van der Waals surface area (Å²) in [5.41, 5.74) is 2.11. The summed E-state index contributed by atoms with van der Waals surface area (Å²) in [6.07, 6.45) is 9.30. The molecule has 25 heavy (non-hydrogen) atoms. The van der Waals surface area contributed by atoms with Crippen molar-refractivity contribution in [3.8, 4) is 0 Å². The van der Waals surface area contributed by atoms with Crippen LogP contribution in [0.2, 0.25) is 0 Å². The molecule has 0 bridgehead atoms. The molecule has 7 nitrogen and oxygen atoms in total. The highest BCUT2D eigenvalue weighted by Gasteiger charge is 2.23. The number of H-pyrrole nitrogens is 1. The van der Waals surface area contributed by atoms with Crippen LogP contribution >= 0.6 is 0 Å². The zero-order valence-electron chi connectivity index (χ0n) is 14.3. The van der Waals surface area contributed by atoms with Gasteiger partial charge >= 0.3 is 0 Å². The van der Waals surface area contributed by atoms with Crippen molar-refractivity contribution in [1.29, 1.82) is 0 Å². The number of piperidine rings is 1. The lowest BCUT2D eigenvalue weighted by Crippen LogP contribution is -2.39. The molecule has 2 aromatic rings. The Morgan fingerprint density at radius 1 is 1.16 bits per heavy atom. The van der Waals surface area contributed by atoms with Gasteiger partial charge in [0.1, 0.15) is 0 Å². The highest BCUT2D eigenvalue weighted by Crippen LogP contribution is 2.21. The second kappa shape index (κ2) is 6.82. The van der Waals surface area contributed by atoms with Gasteiger partial charge in [0.05, 0.1) is 5.69 Å². The number of hydrogen-bond acceptors (Lipinski definition) is 5. The van der Waals surface area contributed by atoms with E-state index in [2.05, 4.69) is 15.1 Å². The molecule has 0 radical (unpaired) electrons. The van der Waals surface area contributed by atoms with Crippen LogP contribution in [0.4, 0.5) is 5.82 Å². The van der Waals surface area contributed by atoms with E-state index in [-0.39, 0.29) is 11.1 Å². The first-order chi connectivity index (χ1) is 12.2. The molecule has 1 aliphatic heterocycles. The quantitative estimate of drug-likeness (QED) is 0.904. The third-order valence-electron chi connectivity index (χ3n) is 5.31. The SMILES string of the molecule is O=c1[nH]ccnc1N1CCC(Cn2nc3c(cc2=O)CCCC3)CC1. The summed E-state index contributed by atoms with van der Waals surface area (Å²) in [4.78, 5) is 33.1. The molecule has 0 atom stereocenters. The van der Waals surface area contributed by atoms with Crippen LogP contribution in [0.3, 0.4) is 0 Å². The average molecular weight is 341 g/mol. The van der Waals surface area contributed by atoms with Crippen molar-refractivity contribution in [3.05, 3.63) is 50.4 Å². The van der Waals surface area contributed by atoms with E-state index in [0.717, 1.165) is 62.9 Å². The first kappa shape index (κ1) is 16.1. The van der Waals surface area contributed by atoms with E-state index in [0.29, 0.717) is 18.3 Å². The maximum Gasteiger partial charge on any atom is 0.290 e. The van der Waals surface area contributed by atoms with Crippen LogP contribution in [0, 0.1) is 5.92 Å². The first-order valence-electron chi connectivity index (χ1n) is 9.09. The Balaban J connectivity index is 1.43. The molecule has 0 saturated carbocycles. The molecule has 0 aromatic carbocycles. The fourth-order valence-electron chi connectivity index (χ4n) is 3.87. The number of aromatic nitrogens is 4. The van der Waals surface area contributed by atoms with E-state index in [9.17, 15) is 9.59 Å². The summed E-state index contributed by atoms with van der Waals surface area (Å²) in [5, 5.41) is 4.62. The average Bonchev–Trinajstić information content (AvgIpc) is 2.63. The molecule has 4 rings (SSSR count). The van der Waals surface area contributed by atoms with Crippen molar-refractivity contribution < 1.29 is 0 Å². The Bertz CT molecular complexity index is 864. The molecule has 0 unspecified atom stereocenters. The van der Waals surface area contributed by atoms with Gasteiger partial charge in [0.15, 0.2) is 5.82 Å². The van der Waals surface area contributed by atoms with Crippen molar-refractivity contribution in [2.24, 2.45) is 5.92 Å². The minimum Gasteiger partial charge on any atom is -0.352 e. The van der Waals surface area contributed by atoms with E-state index >= 15 is 0 Å². The lowest BCUT2D eigenvalue weighted by atomic mass is 9.96. The largest absolute Gasteiger partial charge is 0.352 e. The Morgan fingerprint density at radius 3 is 2.76 bits per heavy atom. The molecule has 0 amide bonds. The lowest BCUT2D eigenvalue weighted by molar-refractivity contribution is 0.331. The van der Waals surface area contributed by atoms with Crippen molar-refractivity contribution in [2.45, 2.75) is 45.1 Å². The summed E-state index contributed by atoms with van der Waals surface area (Å²) in [6.45, 7) is 2.23. The Hall–Kier alpha value is -2.44. The molecular weight excluding hydrogens is 318 g/mol. The van der Waals surface area contributed by atoms with Gasteiger partial charge in [0.25, 0.3) is 11.1 Å². The van der Waals surface area contributed by atoms with Gasteiger partial charge in [-0.05, 0) is 50.0 Å². The third-order valence-corrected chi connectivity index (χ3v) is 5.31. The molecule has 132 valence electrons. The predicted molar refractivity (Wildman–Crippen MR) is 94.9 cm³/mol. The van der Waals surface area contributed by atoms with Crippen LogP contribution in [0.1, 0.15) is 36.9 Å². The number of anilines is 1. The number of fused-ring (bicyclic) bond motifs is 1. The Morgan fingerprint density at radius 2 is 1.96 bits per heavy atom. The molecule has 2 aliphatic rings. The number of nitrogens with zero attached hydrogens (tertiary/aromatic N) is 4. The van der Waals surface area contributed by atoms with Crippen molar-refractivity contribution in [3.63, 3.8) is 0 Å². The molecule has 3 heterocycles. The monoisotopic (exact) mass is 341 g/mol. The minimum absolute atomic E-state index is 0.0178. The van der Waals surface area contributed by atoms with E-state index in [1.807, 2.05) is 4.90 Å². The molecular formula is C18H23N5O2. The Labute approximate surface area is 145 Å². The third kappa shape index (κ3) is 3.36. The summed E-state index contributed by atoms with van der Waals surface area (Å²) < 4.78 is 1.65. The molecule has 0 spiro atoms. The maximum atomic E-state index is 12.3. The predicted octanol–water partition coefficient (Wildman–Crippen LogP) is 1.12. The van der Waals surface area contributed by atoms with Crippen molar-refractivity contribution >= 4 is 5.82 Å². The Kier molecular flexibility index (Phi) is 4.38. The normalized spacial score (nSPS) is 18.2.